The molecule has 1 aromatic heterocycles. The maximum Gasteiger partial charge on any atom is 0.284 e. The van der Waals surface area contributed by atoms with Crippen LogP contribution in [-0.4, -0.2) is 54.6 Å². The lowest BCUT2D eigenvalue weighted by Gasteiger charge is -2.25. The second kappa shape index (κ2) is 12.8. The fourth-order valence-electron chi connectivity index (χ4n) is 3.64. The van der Waals surface area contributed by atoms with Crippen molar-refractivity contribution in [1.82, 2.24) is 14.6 Å². The smallest absolute Gasteiger partial charge is 0.284 e. The number of nitrogens with zero attached hydrogens (tertiary/aromatic N) is 2. The molecule has 0 radical (unpaired) electrons. The number of aromatic nitrogens is 1. The predicted molar refractivity (Wildman–Crippen MR) is 142 cm³/mol. The fraction of sp³-hybridized carbons (Fsp3) is 0.346. The molecule has 0 aliphatic heterocycles. The Labute approximate surface area is 221 Å². The monoisotopic (exact) mass is 545 g/mol. The highest BCUT2D eigenvalue weighted by Gasteiger charge is 2.26. The minimum Gasteiger partial charge on any atom is -0.497 e. The second-order valence-corrected chi connectivity index (χ2v) is 11.7. The number of sulfonamides is 1. The van der Waals surface area contributed by atoms with Crippen LogP contribution in [0.25, 0.3) is 0 Å². The molecule has 3 rings (SSSR count). The van der Waals surface area contributed by atoms with Gasteiger partial charge < -0.3 is 14.7 Å². The predicted octanol–water partition coefficient (Wildman–Crippen LogP) is 3.23. The molecule has 3 aromatic rings. The highest BCUT2D eigenvalue weighted by atomic mass is 32.2. The molecule has 0 aliphatic rings. The highest BCUT2D eigenvalue weighted by Crippen LogP contribution is 2.24. The summed E-state index contributed by atoms with van der Waals surface area (Å²) in [7, 11) is -2.20. The molecule has 0 saturated carbocycles. The number of aliphatic hydroxyl groups is 1. The number of carbonyl (C=O) groups excluding carboxylic acids is 2. The number of nitrogens with one attached hydrogen (secondary N) is 1. The summed E-state index contributed by atoms with van der Waals surface area (Å²) >= 11 is 1.21. The number of ether oxygens (including phenoxy) is 1. The minimum atomic E-state index is -3.74. The number of aliphatic hydroxyl groups excluding tert-OH is 1. The first kappa shape index (κ1) is 28.3. The molecule has 1 atom stereocenters. The Bertz CT molecular complexity index is 1310. The average molecular weight is 546 g/mol. The lowest BCUT2D eigenvalue weighted by atomic mass is 10.1. The molecule has 0 aliphatic carbocycles. The number of rotatable bonds is 12. The van der Waals surface area contributed by atoms with Gasteiger partial charge in [-0.1, -0.05) is 42.5 Å². The van der Waals surface area contributed by atoms with E-state index in [1.807, 2.05) is 35.1 Å². The van der Waals surface area contributed by atoms with E-state index in [1.54, 1.807) is 31.2 Å². The van der Waals surface area contributed by atoms with E-state index in [1.165, 1.54) is 30.3 Å². The van der Waals surface area contributed by atoms with Gasteiger partial charge in [-0.2, -0.15) is 0 Å². The van der Waals surface area contributed by atoms with Crippen molar-refractivity contribution in [3.63, 3.8) is 0 Å². The quantitative estimate of drug-likeness (QED) is 0.358. The number of methoxy groups -OCH3 is 1. The van der Waals surface area contributed by atoms with E-state index < -0.39 is 27.9 Å². The van der Waals surface area contributed by atoms with Crippen molar-refractivity contribution in [3.8, 4) is 5.75 Å². The van der Waals surface area contributed by atoms with Gasteiger partial charge in [-0.25, -0.2) is 18.1 Å². The molecule has 37 heavy (non-hydrogen) atoms. The molecule has 0 spiro atoms. The molecular formula is C26H31N3O6S2. The molecule has 0 saturated heterocycles. The standard InChI is InChI=1S/C26H31N3O6S2/c1-4-37(33,34)28-25(31)23-18(2)36-22(27-23)17-29(16-8-11-19-9-6-5-7-10-19)26(32)24(30)20-12-14-21(35-3)15-13-20/h5-7,9-10,12-15,24,30H,4,8,11,16-17H2,1-3H3,(H,28,31)/t24-/m1/s1. The van der Waals surface area contributed by atoms with Crippen LogP contribution in [0.3, 0.4) is 0 Å². The first-order valence-electron chi connectivity index (χ1n) is 11.8. The molecule has 2 aromatic carbocycles. The van der Waals surface area contributed by atoms with E-state index in [-0.39, 0.29) is 18.0 Å². The van der Waals surface area contributed by atoms with Crippen LogP contribution in [0.15, 0.2) is 54.6 Å². The van der Waals surface area contributed by atoms with Crippen LogP contribution in [0.2, 0.25) is 0 Å². The topological polar surface area (TPSA) is 126 Å². The molecule has 2 N–H and O–H groups in total. The van der Waals surface area contributed by atoms with Crippen molar-refractivity contribution in [2.75, 3.05) is 19.4 Å². The minimum absolute atomic E-state index is 0.00409. The van der Waals surface area contributed by atoms with Gasteiger partial charge in [0, 0.05) is 11.4 Å². The van der Waals surface area contributed by atoms with Crippen LogP contribution in [0.5, 0.6) is 5.75 Å². The lowest BCUT2D eigenvalue weighted by Crippen LogP contribution is -2.36. The summed E-state index contributed by atoms with van der Waals surface area (Å²) in [5.74, 6) is -0.924. The number of amides is 2. The van der Waals surface area contributed by atoms with Crippen molar-refractivity contribution >= 4 is 33.2 Å². The summed E-state index contributed by atoms with van der Waals surface area (Å²) in [6, 6.07) is 16.5. The van der Waals surface area contributed by atoms with Gasteiger partial charge in [0.25, 0.3) is 11.8 Å². The van der Waals surface area contributed by atoms with E-state index in [2.05, 4.69) is 4.98 Å². The van der Waals surface area contributed by atoms with Gasteiger partial charge in [0.05, 0.1) is 19.4 Å². The summed E-state index contributed by atoms with van der Waals surface area (Å²) in [6.07, 6.45) is 0.00128. The average Bonchev–Trinajstić information content (AvgIpc) is 3.27. The number of hydrogen-bond acceptors (Lipinski definition) is 8. The zero-order valence-corrected chi connectivity index (χ0v) is 22.6. The Balaban J connectivity index is 1.79. The Morgan fingerprint density at radius 3 is 2.43 bits per heavy atom. The zero-order valence-electron chi connectivity index (χ0n) is 21.0. The van der Waals surface area contributed by atoms with Crippen molar-refractivity contribution in [1.29, 1.82) is 0 Å². The zero-order chi connectivity index (χ0) is 27.0. The maximum atomic E-state index is 13.4. The SMILES string of the molecule is CCS(=O)(=O)NC(=O)c1nc(CN(CCCc2ccccc2)C(=O)[C@H](O)c2ccc(OC)cc2)sc1C. The number of aryl methyl sites for hydroxylation is 2. The van der Waals surface area contributed by atoms with Crippen LogP contribution in [0, 0.1) is 6.92 Å². The normalized spacial score (nSPS) is 12.1. The van der Waals surface area contributed by atoms with E-state index in [0.717, 1.165) is 12.0 Å². The number of benzene rings is 2. The van der Waals surface area contributed by atoms with Crippen molar-refractivity contribution < 1.29 is 27.9 Å². The Morgan fingerprint density at radius 2 is 1.81 bits per heavy atom. The van der Waals surface area contributed by atoms with Crippen LogP contribution in [0.1, 0.15) is 50.9 Å². The lowest BCUT2D eigenvalue weighted by molar-refractivity contribution is -0.141. The number of hydrogen-bond donors (Lipinski definition) is 2. The first-order valence-corrected chi connectivity index (χ1v) is 14.3. The summed E-state index contributed by atoms with van der Waals surface area (Å²) in [5.41, 5.74) is 1.57. The molecule has 0 unspecified atom stereocenters. The van der Waals surface area contributed by atoms with Gasteiger partial charge in [-0.05, 0) is 49.9 Å². The van der Waals surface area contributed by atoms with Gasteiger partial charge in [-0.15, -0.1) is 11.3 Å². The van der Waals surface area contributed by atoms with Crippen molar-refractivity contribution in [2.24, 2.45) is 0 Å². The molecule has 1 heterocycles. The Kier molecular flexibility index (Phi) is 9.79. The van der Waals surface area contributed by atoms with Gasteiger partial charge in [0.2, 0.25) is 10.0 Å². The van der Waals surface area contributed by atoms with E-state index in [4.69, 9.17) is 4.74 Å². The molecular weight excluding hydrogens is 514 g/mol. The van der Waals surface area contributed by atoms with Crippen LogP contribution in [0.4, 0.5) is 0 Å². The summed E-state index contributed by atoms with van der Waals surface area (Å²) in [5, 5.41) is 11.3. The summed E-state index contributed by atoms with van der Waals surface area (Å²) in [4.78, 5) is 32.2. The van der Waals surface area contributed by atoms with Crippen LogP contribution in [-0.2, 0) is 27.8 Å². The molecule has 11 heteroatoms. The fourth-order valence-corrected chi connectivity index (χ4v) is 5.11. The van der Waals surface area contributed by atoms with Crippen molar-refractivity contribution in [3.05, 3.63) is 81.3 Å². The van der Waals surface area contributed by atoms with Gasteiger partial charge in [-0.3, -0.25) is 9.59 Å². The van der Waals surface area contributed by atoms with E-state index >= 15 is 0 Å². The van der Waals surface area contributed by atoms with Crippen LogP contribution < -0.4 is 9.46 Å². The molecule has 2 amide bonds. The molecule has 9 nitrogen and oxygen atoms in total. The van der Waals surface area contributed by atoms with Crippen LogP contribution >= 0.6 is 11.3 Å². The van der Waals surface area contributed by atoms with E-state index in [9.17, 15) is 23.1 Å². The van der Waals surface area contributed by atoms with Gasteiger partial charge in [0.1, 0.15) is 16.5 Å². The van der Waals surface area contributed by atoms with Gasteiger partial charge in [0.15, 0.2) is 6.10 Å². The Hall–Kier alpha value is -3.28. The Morgan fingerprint density at radius 1 is 1.14 bits per heavy atom. The molecule has 198 valence electrons. The molecule has 0 bridgehead atoms. The number of thiazole rings is 1. The maximum absolute atomic E-state index is 13.4. The third-order valence-corrected chi connectivity index (χ3v) is 7.94. The summed E-state index contributed by atoms with van der Waals surface area (Å²) in [6.45, 7) is 3.52. The second-order valence-electron chi connectivity index (χ2n) is 8.37. The molecule has 0 fully saturated rings. The first-order chi connectivity index (χ1) is 17.6. The van der Waals surface area contributed by atoms with Gasteiger partial charge >= 0.3 is 0 Å². The summed E-state index contributed by atoms with van der Waals surface area (Å²) < 4.78 is 30.8. The third kappa shape index (κ3) is 7.85. The van der Waals surface area contributed by atoms with Crippen molar-refractivity contribution in [2.45, 2.75) is 39.3 Å². The third-order valence-electron chi connectivity index (χ3n) is 5.72. The highest BCUT2D eigenvalue weighted by molar-refractivity contribution is 7.90. The van der Waals surface area contributed by atoms with E-state index in [0.29, 0.717) is 34.2 Å². The largest absolute Gasteiger partial charge is 0.497 e. The number of carbonyl (C=O) groups is 2.